The molecule has 30 heavy (non-hydrogen) atoms. The molecule has 0 unspecified atom stereocenters. The maximum atomic E-state index is 6.11. The molecule has 3 rings (SSSR count). The third-order valence-corrected chi connectivity index (χ3v) is 6.56. The smallest absolute Gasteiger partial charge is 0.119 e. The van der Waals surface area contributed by atoms with Crippen LogP contribution in [0.25, 0.3) is 11.3 Å². The number of nitrogens with zero attached hydrogens (tertiary/aromatic N) is 2. The average Bonchev–Trinajstić information content (AvgIpc) is 2.80. The molecule has 1 fully saturated rings. The van der Waals surface area contributed by atoms with Crippen LogP contribution in [-0.4, -0.2) is 16.6 Å². The topological polar surface area (TPSA) is 35.0 Å². The molecule has 1 aliphatic carbocycles. The molecule has 1 aliphatic rings. The Morgan fingerprint density at radius 1 is 0.800 bits per heavy atom. The van der Waals surface area contributed by atoms with Crippen LogP contribution in [0.3, 0.4) is 0 Å². The molecule has 0 saturated heterocycles. The van der Waals surface area contributed by atoms with Crippen LogP contribution in [0.4, 0.5) is 0 Å². The second-order valence-corrected chi connectivity index (χ2v) is 9.07. The molecule has 0 atom stereocenters. The number of aromatic nitrogens is 2. The zero-order valence-corrected chi connectivity index (χ0v) is 19.1. The fraction of sp³-hybridized carbons (Fsp3) is 0.630. The van der Waals surface area contributed by atoms with Gasteiger partial charge < -0.3 is 4.74 Å². The van der Waals surface area contributed by atoms with E-state index in [4.69, 9.17) is 4.74 Å². The number of ether oxygens (including phenoxy) is 1. The lowest BCUT2D eigenvalue weighted by molar-refractivity contribution is 0.177. The number of hydrogen-bond donors (Lipinski definition) is 0. The summed E-state index contributed by atoms with van der Waals surface area (Å²) in [7, 11) is 0. The van der Waals surface area contributed by atoms with Crippen molar-refractivity contribution >= 4 is 0 Å². The van der Waals surface area contributed by atoms with Crippen molar-refractivity contribution in [1.29, 1.82) is 0 Å². The average molecular weight is 409 g/mol. The molecule has 1 aromatic heterocycles. The summed E-state index contributed by atoms with van der Waals surface area (Å²) in [6, 6.07) is 8.34. The number of rotatable bonds is 12. The molecule has 0 spiro atoms. The summed E-state index contributed by atoms with van der Waals surface area (Å²) in [5.74, 6) is 2.65. The SMILES string of the molecule is CCCCCc1cnc(-c2ccc(OCC3CCC(CCCCC)CC3)cc2)cn1. The Hall–Kier alpha value is -1.90. The molecule has 0 aliphatic heterocycles. The minimum absolute atomic E-state index is 0.721. The minimum atomic E-state index is 0.721. The first-order valence-electron chi connectivity index (χ1n) is 12.3. The second-order valence-electron chi connectivity index (χ2n) is 9.07. The van der Waals surface area contributed by atoms with Crippen LogP contribution >= 0.6 is 0 Å². The molecule has 2 aromatic rings. The number of unbranched alkanes of at least 4 members (excludes halogenated alkanes) is 4. The first-order chi connectivity index (χ1) is 14.8. The van der Waals surface area contributed by atoms with Gasteiger partial charge in [-0.05, 0) is 61.8 Å². The summed E-state index contributed by atoms with van der Waals surface area (Å²) in [4.78, 5) is 9.19. The largest absolute Gasteiger partial charge is 0.493 e. The van der Waals surface area contributed by atoms with Gasteiger partial charge in [-0.2, -0.15) is 0 Å². The molecular weight excluding hydrogens is 368 g/mol. The van der Waals surface area contributed by atoms with Gasteiger partial charge in [-0.25, -0.2) is 0 Å². The number of hydrogen-bond acceptors (Lipinski definition) is 3. The second kappa shape index (κ2) is 12.7. The lowest BCUT2D eigenvalue weighted by Crippen LogP contribution is -2.20. The van der Waals surface area contributed by atoms with Crippen molar-refractivity contribution in [2.24, 2.45) is 11.8 Å². The zero-order valence-electron chi connectivity index (χ0n) is 19.1. The summed E-state index contributed by atoms with van der Waals surface area (Å²) in [6.07, 6.45) is 19.6. The Labute approximate surface area is 183 Å². The molecule has 3 nitrogen and oxygen atoms in total. The fourth-order valence-corrected chi connectivity index (χ4v) is 4.49. The van der Waals surface area contributed by atoms with Gasteiger partial charge >= 0.3 is 0 Å². The first kappa shape index (κ1) is 22.8. The quantitative estimate of drug-likeness (QED) is 0.338. The highest BCUT2D eigenvalue weighted by Gasteiger charge is 2.21. The molecule has 1 aromatic carbocycles. The molecule has 3 heteroatoms. The fourth-order valence-electron chi connectivity index (χ4n) is 4.49. The van der Waals surface area contributed by atoms with Crippen molar-refractivity contribution in [3.8, 4) is 17.0 Å². The Kier molecular flexibility index (Phi) is 9.66. The third kappa shape index (κ3) is 7.41. The predicted molar refractivity (Wildman–Crippen MR) is 126 cm³/mol. The van der Waals surface area contributed by atoms with E-state index in [0.717, 1.165) is 47.6 Å². The van der Waals surface area contributed by atoms with E-state index >= 15 is 0 Å². The van der Waals surface area contributed by atoms with Gasteiger partial charge in [-0.3, -0.25) is 9.97 Å². The van der Waals surface area contributed by atoms with E-state index in [-0.39, 0.29) is 0 Å². The molecule has 0 radical (unpaired) electrons. The summed E-state index contributed by atoms with van der Waals surface area (Å²) in [6.45, 7) is 5.37. The third-order valence-electron chi connectivity index (χ3n) is 6.56. The highest BCUT2D eigenvalue weighted by atomic mass is 16.5. The van der Waals surface area contributed by atoms with Crippen LogP contribution in [0, 0.1) is 11.8 Å². The van der Waals surface area contributed by atoms with Crippen molar-refractivity contribution in [3.05, 3.63) is 42.4 Å². The first-order valence-corrected chi connectivity index (χ1v) is 12.3. The van der Waals surface area contributed by atoms with Gasteiger partial charge in [0.25, 0.3) is 0 Å². The van der Waals surface area contributed by atoms with Gasteiger partial charge in [0.15, 0.2) is 0 Å². The number of aryl methyl sites for hydroxylation is 1. The molecule has 0 bridgehead atoms. The van der Waals surface area contributed by atoms with Crippen LogP contribution in [0.15, 0.2) is 36.7 Å². The van der Waals surface area contributed by atoms with Crippen LogP contribution in [-0.2, 0) is 6.42 Å². The van der Waals surface area contributed by atoms with Crippen LogP contribution in [0.5, 0.6) is 5.75 Å². The normalized spacial score (nSPS) is 19.0. The summed E-state index contributed by atoms with van der Waals surface area (Å²) in [5, 5.41) is 0. The van der Waals surface area contributed by atoms with Crippen molar-refractivity contribution in [3.63, 3.8) is 0 Å². The maximum absolute atomic E-state index is 6.11. The summed E-state index contributed by atoms with van der Waals surface area (Å²) >= 11 is 0. The zero-order chi connectivity index (χ0) is 21.0. The van der Waals surface area contributed by atoms with Gasteiger partial charge in [-0.1, -0.05) is 65.2 Å². The number of benzene rings is 1. The van der Waals surface area contributed by atoms with Crippen molar-refractivity contribution in [1.82, 2.24) is 9.97 Å². The molecule has 1 heterocycles. The Morgan fingerprint density at radius 3 is 2.17 bits per heavy atom. The van der Waals surface area contributed by atoms with Gasteiger partial charge in [0.1, 0.15) is 5.75 Å². The highest BCUT2D eigenvalue weighted by Crippen LogP contribution is 2.32. The summed E-state index contributed by atoms with van der Waals surface area (Å²) in [5.41, 5.74) is 3.12. The lowest BCUT2D eigenvalue weighted by Gasteiger charge is -2.28. The van der Waals surface area contributed by atoms with Gasteiger partial charge in [0.05, 0.1) is 24.2 Å². The van der Waals surface area contributed by atoms with Crippen molar-refractivity contribution < 1.29 is 4.74 Å². The Balaban J connectivity index is 1.41. The van der Waals surface area contributed by atoms with Crippen LogP contribution < -0.4 is 4.74 Å². The van der Waals surface area contributed by atoms with E-state index in [0.29, 0.717) is 0 Å². The summed E-state index contributed by atoms with van der Waals surface area (Å²) < 4.78 is 6.11. The van der Waals surface area contributed by atoms with E-state index in [1.165, 1.54) is 70.6 Å². The Morgan fingerprint density at radius 2 is 1.50 bits per heavy atom. The van der Waals surface area contributed by atoms with Crippen molar-refractivity contribution in [2.45, 2.75) is 90.9 Å². The molecular formula is C27H40N2O. The molecule has 0 amide bonds. The maximum Gasteiger partial charge on any atom is 0.119 e. The molecule has 164 valence electrons. The van der Waals surface area contributed by atoms with Gasteiger partial charge in [-0.15, -0.1) is 0 Å². The van der Waals surface area contributed by atoms with Crippen LogP contribution in [0.1, 0.15) is 90.2 Å². The Bertz CT molecular complexity index is 703. The monoisotopic (exact) mass is 408 g/mol. The van der Waals surface area contributed by atoms with Gasteiger partial charge in [0.2, 0.25) is 0 Å². The predicted octanol–water partition coefficient (Wildman–Crippen LogP) is 7.64. The van der Waals surface area contributed by atoms with E-state index in [9.17, 15) is 0 Å². The lowest BCUT2D eigenvalue weighted by atomic mass is 9.80. The van der Waals surface area contributed by atoms with E-state index in [2.05, 4.69) is 48.1 Å². The van der Waals surface area contributed by atoms with E-state index in [1.54, 1.807) is 0 Å². The minimum Gasteiger partial charge on any atom is -0.493 e. The standard InChI is InChI=1S/C27H40N2O/c1-3-5-7-9-22-11-13-23(14-12-22)21-30-26-17-15-24(16-18-26)27-20-28-25(19-29-27)10-8-6-4-2/h15-20,22-23H,3-14,21H2,1-2H3. The van der Waals surface area contributed by atoms with Gasteiger partial charge in [0, 0.05) is 11.8 Å². The molecule has 1 saturated carbocycles. The highest BCUT2D eigenvalue weighted by molar-refractivity contribution is 5.58. The van der Waals surface area contributed by atoms with E-state index < -0.39 is 0 Å². The van der Waals surface area contributed by atoms with Crippen molar-refractivity contribution in [2.75, 3.05) is 6.61 Å². The van der Waals surface area contributed by atoms with E-state index in [1.807, 2.05) is 12.4 Å². The van der Waals surface area contributed by atoms with Crippen LogP contribution in [0.2, 0.25) is 0 Å². The molecule has 0 N–H and O–H groups in total.